The molecule has 2 rings (SSSR count). The SMILES string of the molecule is Cn1nc(C(=O)O)cc1-c1cc(O)c(F)cc1F. The van der Waals surface area contributed by atoms with Gasteiger partial charge in [-0.2, -0.15) is 5.10 Å². The van der Waals surface area contributed by atoms with Crippen molar-refractivity contribution in [2.45, 2.75) is 0 Å². The average molecular weight is 254 g/mol. The molecule has 0 aliphatic heterocycles. The van der Waals surface area contributed by atoms with Crippen LogP contribution in [0.1, 0.15) is 10.5 Å². The van der Waals surface area contributed by atoms with Crippen molar-refractivity contribution in [3.05, 3.63) is 35.5 Å². The molecule has 1 aromatic carbocycles. The number of phenols is 1. The Morgan fingerprint density at radius 3 is 2.50 bits per heavy atom. The molecule has 0 saturated heterocycles. The first kappa shape index (κ1) is 12.0. The van der Waals surface area contributed by atoms with Gasteiger partial charge in [-0.05, 0) is 12.1 Å². The monoisotopic (exact) mass is 254 g/mol. The van der Waals surface area contributed by atoms with E-state index in [1.165, 1.54) is 7.05 Å². The lowest BCUT2D eigenvalue weighted by atomic mass is 10.1. The van der Waals surface area contributed by atoms with Gasteiger partial charge in [0.2, 0.25) is 0 Å². The van der Waals surface area contributed by atoms with E-state index in [-0.39, 0.29) is 17.0 Å². The van der Waals surface area contributed by atoms with E-state index in [4.69, 9.17) is 5.11 Å². The van der Waals surface area contributed by atoms with Crippen molar-refractivity contribution in [1.82, 2.24) is 9.78 Å². The van der Waals surface area contributed by atoms with Crippen LogP contribution in [0.15, 0.2) is 18.2 Å². The van der Waals surface area contributed by atoms with Gasteiger partial charge in [0.05, 0.1) is 5.69 Å². The number of carboxylic acid groups (broad SMARTS) is 1. The van der Waals surface area contributed by atoms with E-state index in [0.29, 0.717) is 6.07 Å². The molecule has 0 saturated carbocycles. The Hall–Kier alpha value is -2.44. The molecule has 0 unspecified atom stereocenters. The van der Waals surface area contributed by atoms with Gasteiger partial charge in [0.25, 0.3) is 0 Å². The second kappa shape index (κ2) is 4.10. The number of rotatable bonds is 2. The third-order valence-corrected chi connectivity index (χ3v) is 2.41. The smallest absolute Gasteiger partial charge is 0.356 e. The highest BCUT2D eigenvalue weighted by Gasteiger charge is 2.17. The molecule has 2 aromatic rings. The fraction of sp³-hybridized carbons (Fsp3) is 0.0909. The molecule has 0 spiro atoms. The van der Waals surface area contributed by atoms with Gasteiger partial charge >= 0.3 is 5.97 Å². The zero-order valence-corrected chi connectivity index (χ0v) is 9.19. The van der Waals surface area contributed by atoms with Crippen molar-refractivity contribution < 1.29 is 23.8 Å². The second-order valence-corrected chi connectivity index (χ2v) is 3.63. The number of aryl methyl sites for hydroxylation is 1. The van der Waals surface area contributed by atoms with Crippen LogP contribution >= 0.6 is 0 Å². The molecule has 0 aliphatic carbocycles. The van der Waals surface area contributed by atoms with Gasteiger partial charge in [-0.15, -0.1) is 0 Å². The molecule has 0 fully saturated rings. The van der Waals surface area contributed by atoms with Crippen molar-refractivity contribution in [3.8, 4) is 17.0 Å². The van der Waals surface area contributed by atoms with Crippen molar-refractivity contribution in [3.63, 3.8) is 0 Å². The zero-order valence-electron chi connectivity index (χ0n) is 9.19. The summed E-state index contributed by atoms with van der Waals surface area (Å²) in [7, 11) is 1.42. The van der Waals surface area contributed by atoms with Gasteiger partial charge in [-0.1, -0.05) is 0 Å². The largest absolute Gasteiger partial charge is 0.505 e. The second-order valence-electron chi connectivity index (χ2n) is 3.63. The van der Waals surface area contributed by atoms with E-state index < -0.39 is 23.4 Å². The maximum Gasteiger partial charge on any atom is 0.356 e. The molecule has 2 N–H and O–H groups in total. The molecule has 1 aromatic heterocycles. The number of hydrogen-bond acceptors (Lipinski definition) is 3. The van der Waals surface area contributed by atoms with Crippen LogP contribution in [-0.2, 0) is 7.05 Å². The molecule has 7 heteroatoms. The maximum absolute atomic E-state index is 13.6. The van der Waals surface area contributed by atoms with Crippen LogP contribution < -0.4 is 0 Å². The minimum absolute atomic E-state index is 0.125. The maximum atomic E-state index is 13.6. The lowest BCUT2D eigenvalue weighted by molar-refractivity contribution is 0.0689. The summed E-state index contributed by atoms with van der Waals surface area (Å²) in [5.41, 5.74) is -0.271. The Morgan fingerprint density at radius 2 is 1.94 bits per heavy atom. The van der Waals surface area contributed by atoms with E-state index >= 15 is 0 Å². The van der Waals surface area contributed by atoms with E-state index in [0.717, 1.165) is 16.8 Å². The first-order valence-electron chi connectivity index (χ1n) is 4.86. The third kappa shape index (κ3) is 1.90. The topological polar surface area (TPSA) is 75.4 Å². The van der Waals surface area contributed by atoms with Gasteiger partial charge in [0.15, 0.2) is 17.3 Å². The fourth-order valence-electron chi connectivity index (χ4n) is 1.56. The minimum atomic E-state index is -1.26. The quantitative estimate of drug-likeness (QED) is 0.856. The highest BCUT2D eigenvalue weighted by atomic mass is 19.1. The summed E-state index contributed by atoms with van der Waals surface area (Å²) < 4.78 is 27.6. The molecular formula is C11H8F2N2O3. The van der Waals surface area contributed by atoms with Gasteiger partial charge < -0.3 is 10.2 Å². The standard InChI is InChI=1S/C11H8F2N2O3/c1-15-9(4-8(14-15)11(17)18)5-2-10(16)7(13)3-6(5)12/h2-4,16H,1H3,(H,17,18). The molecule has 18 heavy (non-hydrogen) atoms. The Bertz CT molecular complexity index is 637. The molecular weight excluding hydrogens is 246 g/mol. The number of aromatic carboxylic acids is 1. The number of carboxylic acids is 1. The number of hydrogen-bond donors (Lipinski definition) is 2. The lowest BCUT2D eigenvalue weighted by Gasteiger charge is -2.04. The van der Waals surface area contributed by atoms with Gasteiger partial charge in [-0.3, -0.25) is 4.68 Å². The molecule has 0 atom stereocenters. The molecule has 94 valence electrons. The van der Waals surface area contributed by atoms with Crippen LogP contribution in [0.3, 0.4) is 0 Å². The fourth-order valence-corrected chi connectivity index (χ4v) is 1.56. The first-order valence-corrected chi connectivity index (χ1v) is 4.86. The summed E-state index contributed by atoms with van der Waals surface area (Å²) in [4.78, 5) is 10.7. The highest BCUT2D eigenvalue weighted by molar-refractivity contribution is 5.87. The predicted molar refractivity (Wildman–Crippen MR) is 57.2 cm³/mol. The minimum Gasteiger partial charge on any atom is -0.505 e. The Labute approximate surface area is 99.9 Å². The number of halogens is 2. The molecule has 0 radical (unpaired) electrons. The van der Waals surface area contributed by atoms with Crippen molar-refractivity contribution in [1.29, 1.82) is 0 Å². The van der Waals surface area contributed by atoms with Crippen molar-refractivity contribution in [2.75, 3.05) is 0 Å². The number of aromatic hydroxyl groups is 1. The number of aromatic nitrogens is 2. The van der Waals surface area contributed by atoms with Crippen LogP contribution in [0.5, 0.6) is 5.75 Å². The van der Waals surface area contributed by atoms with Crippen LogP contribution in [0.25, 0.3) is 11.3 Å². The lowest BCUT2D eigenvalue weighted by Crippen LogP contribution is -1.99. The van der Waals surface area contributed by atoms with E-state index in [9.17, 15) is 18.7 Å². The van der Waals surface area contributed by atoms with Crippen molar-refractivity contribution in [2.24, 2.45) is 7.05 Å². The Balaban J connectivity index is 2.62. The number of benzene rings is 1. The summed E-state index contributed by atoms with van der Waals surface area (Å²) in [5, 5.41) is 21.6. The molecule has 0 bridgehead atoms. The third-order valence-electron chi connectivity index (χ3n) is 2.41. The van der Waals surface area contributed by atoms with Crippen LogP contribution in [0.2, 0.25) is 0 Å². The normalized spacial score (nSPS) is 10.6. The van der Waals surface area contributed by atoms with Gasteiger partial charge in [0.1, 0.15) is 5.82 Å². The Kier molecular flexibility index (Phi) is 2.74. The van der Waals surface area contributed by atoms with Crippen LogP contribution in [-0.4, -0.2) is 26.0 Å². The van der Waals surface area contributed by atoms with E-state index in [2.05, 4.69) is 5.10 Å². The van der Waals surface area contributed by atoms with Gasteiger partial charge in [0, 0.05) is 18.7 Å². The molecule has 0 aliphatic rings. The number of phenolic OH excluding ortho intramolecular Hbond substituents is 1. The summed E-state index contributed by atoms with van der Waals surface area (Å²) in [6, 6.07) is 2.55. The van der Waals surface area contributed by atoms with Crippen LogP contribution in [0, 0.1) is 11.6 Å². The molecule has 1 heterocycles. The van der Waals surface area contributed by atoms with Crippen molar-refractivity contribution >= 4 is 5.97 Å². The number of carbonyl (C=O) groups is 1. The summed E-state index contributed by atoms with van der Waals surface area (Å²) in [6.45, 7) is 0. The molecule has 0 amide bonds. The summed E-state index contributed by atoms with van der Waals surface area (Å²) >= 11 is 0. The highest BCUT2D eigenvalue weighted by Crippen LogP contribution is 2.28. The van der Waals surface area contributed by atoms with Gasteiger partial charge in [-0.25, -0.2) is 13.6 Å². The van der Waals surface area contributed by atoms with E-state index in [1.807, 2.05) is 0 Å². The summed E-state index contributed by atoms with van der Waals surface area (Å²) in [6.07, 6.45) is 0. The predicted octanol–water partition coefficient (Wildman–Crippen LogP) is 1.77. The summed E-state index contributed by atoms with van der Waals surface area (Å²) in [5.74, 6) is -3.98. The molecule has 5 nitrogen and oxygen atoms in total. The van der Waals surface area contributed by atoms with E-state index in [1.54, 1.807) is 0 Å². The average Bonchev–Trinajstić information content (AvgIpc) is 2.66. The zero-order chi connectivity index (χ0) is 13.4. The first-order chi connectivity index (χ1) is 8.40. The van der Waals surface area contributed by atoms with Crippen LogP contribution in [0.4, 0.5) is 8.78 Å². The number of nitrogens with zero attached hydrogens (tertiary/aromatic N) is 2. The Morgan fingerprint density at radius 1 is 1.28 bits per heavy atom.